The third kappa shape index (κ3) is 3.48. The molecule has 1 aliphatic carbocycles. The Bertz CT molecular complexity index is 343. The third-order valence-corrected chi connectivity index (χ3v) is 4.81. The standard InChI is InChI=1S/C15H28N2O2/c1-10-7-11(2)12(3)17(8-10)9-15(4,14(18)19)16-13-5-6-13/h10-13,16H,5-9H2,1-4H3,(H,18,19). The van der Waals surface area contributed by atoms with Crippen LogP contribution in [-0.4, -0.2) is 46.7 Å². The van der Waals surface area contributed by atoms with E-state index in [0.29, 0.717) is 30.5 Å². The highest BCUT2D eigenvalue weighted by atomic mass is 16.4. The van der Waals surface area contributed by atoms with Crippen LogP contribution in [0.3, 0.4) is 0 Å². The first-order valence-electron chi connectivity index (χ1n) is 7.57. The van der Waals surface area contributed by atoms with Crippen LogP contribution >= 0.6 is 0 Å². The van der Waals surface area contributed by atoms with Crippen molar-refractivity contribution in [1.82, 2.24) is 10.2 Å². The highest BCUT2D eigenvalue weighted by molar-refractivity contribution is 5.78. The molecule has 2 aliphatic rings. The van der Waals surface area contributed by atoms with Crippen molar-refractivity contribution in [3.8, 4) is 0 Å². The molecule has 2 fully saturated rings. The lowest BCUT2D eigenvalue weighted by molar-refractivity contribution is -0.145. The molecule has 1 saturated carbocycles. The summed E-state index contributed by atoms with van der Waals surface area (Å²) in [5.74, 6) is 0.574. The maximum absolute atomic E-state index is 11.6. The molecule has 4 nitrogen and oxygen atoms in total. The lowest BCUT2D eigenvalue weighted by Crippen LogP contribution is -2.61. The van der Waals surface area contributed by atoms with E-state index < -0.39 is 11.5 Å². The van der Waals surface area contributed by atoms with E-state index in [0.717, 1.165) is 19.4 Å². The molecule has 1 saturated heterocycles. The second kappa shape index (κ2) is 5.41. The van der Waals surface area contributed by atoms with Crippen molar-refractivity contribution < 1.29 is 9.90 Å². The molecule has 0 aromatic carbocycles. The summed E-state index contributed by atoms with van der Waals surface area (Å²) in [5, 5.41) is 12.9. The molecule has 4 unspecified atom stereocenters. The van der Waals surface area contributed by atoms with Gasteiger partial charge in [-0.1, -0.05) is 13.8 Å². The number of hydrogen-bond donors (Lipinski definition) is 2. The van der Waals surface area contributed by atoms with E-state index in [1.54, 1.807) is 0 Å². The normalized spacial score (nSPS) is 35.9. The van der Waals surface area contributed by atoms with Gasteiger partial charge in [-0.3, -0.25) is 15.0 Å². The van der Waals surface area contributed by atoms with Gasteiger partial charge in [0.05, 0.1) is 0 Å². The van der Waals surface area contributed by atoms with Gasteiger partial charge in [0.1, 0.15) is 5.54 Å². The molecule has 19 heavy (non-hydrogen) atoms. The van der Waals surface area contributed by atoms with Crippen LogP contribution in [0, 0.1) is 11.8 Å². The van der Waals surface area contributed by atoms with Crippen LogP contribution in [-0.2, 0) is 4.79 Å². The highest BCUT2D eigenvalue weighted by Gasteiger charge is 2.42. The van der Waals surface area contributed by atoms with Gasteiger partial charge in [-0.05, 0) is 44.9 Å². The number of carbonyl (C=O) groups is 1. The lowest BCUT2D eigenvalue weighted by atomic mass is 9.84. The van der Waals surface area contributed by atoms with Gasteiger partial charge in [-0.15, -0.1) is 0 Å². The van der Waals surface area contributed by atoms with Crippen molar-refractivity contribution in [3.63, 3.8) is 0 Å². The summed E-state index contributed by atoms with van der Waals surface area (Å²) in [6.45, 7) is 10.2. The van der Waals surface area contributed by atoms with Gasteiger partial charge in [-0.2, -0.15) is 0 Å². The molecule has 0 bridgehead atoms. The molecule has 4 atom stereocenters. The van der Waals surface area contributed by atoms with E-state index >= 15 is 0 Å². The number of carboxylic acid groups (broad SMARTS) is 1. The van der Waals surface area contributed by atoms with Crippen LogP contribution in [0.2, 0.25) is 0 Å². The Morgan fingerprint density at radius 2 is 2.00 bits per heavy atom. The van der Waals surface area contributed by atoms with Gasteiger partial charge in [0, 0.05) is 25.2 Å². The van der Waals surface area contributed by atoms with Gasteiger partial charge < -0.3 is 5.11 Å². The SMILES string of the molecule is CC1CC(C)C(C)N(CC(C)(NC2CC2)C(=O)O)C1. The first-order valence-corrected chi connectivity index (χ1v) is 7.57. The number of piperidine rings is 1. The number of hydrogen-bond acceptors (Lipinski definition) is 3. The summed E-state index contributed by atoms with van der Waals surface area (Å²) in [6, 6.07) is 0.881. The number of aliphatic carboxylic acids is 1. The highest BCUT2D eigenvalue weighted by Crippen LogP contribution is 2.29. The monoisotopic (exact) mass is 268 g/mol. The Morgan fingerprint density at radius 3 is 2.53 bits per heavy atom. The van der Waals surface area contributed by atoms with Crippen LogP contribution in [0.4, 0.5) is 0 Å². The average molecular weight is 268 g/mol. The van der Waals surface area contributed by atoms with Crippen LogP contribution < -0.4 is 5.32 Å². The molecule has 0 radical (unpaired) electrons. The molecule has 1 heterocycles. The second-order valence-corrected chi connectivity index (χ2v) is 7.04. The molecular formula is C15H28N2O2. The number of carboxylic acids is 1. The van der Waals surface area contributed by atoms with E-state index in [-0.39, 0.29) is 0 Å². The summed E-state index contributed by atoms with van der Waals surface area (Å²) in [5.41, 5.74) is -0.813. The Balaban J connectivity index is 2.04. The number of rotatable bonds is 5. The van der Waals surface area contributed by atoms with Crippen molar-refractivity contribution in [2.75, 3.05) is 13.1 Å². The van der Waals surface area contributed by atoms with Gasteiger partial charge in [0.25, 0.3) is 0 Å². The molecule has 0 spiro atoms. The number of nitrogens with one attached hydrogen (secondary N) is 1. The van der Waals surface area contributed by atoms with Gasteiger partial charge >= 0.3 is 5.97 Å². The van der Waals surface area contributed by atoms with E-state index in [2.05, 4.69) is 31.0 Å². The molecule has 4 heteroatoms. The first-order chi connectivity index (χ1) is 8.82. The van der Waals surface area contributed by atoms with Crippen LogP contribution in [0.5, 0.6) is 0 Å². The zero-order chi connectivity index (χ0) is 14.2. The van der Waals surface area contributed by atoms with Crippen molar-refractivity contribution in [3.05, 3.63) is 0 Å². The topological polar surface area (TPSA) is 52.6 Å². The Morgan fingerprint density at radius 1 is 1.37 bits per heavy atom. The fourth-order valence-electron chi connectivity index (χ4n) is 3.30. The maximum Gasteiger partial charge on any atom is 0.324 e. The predicted molar refractivity (Wildman–Crippen MR) is 76.2 cm³/mol. The van der Waals surface area contributed by atoms with Crippen molar-refractivity contribution in [1.29, 1.82) is 0 Å². The summed E-state index contributed by atoms with van der Waals surface area (Å²) in [6.07, 6.45) is 3.48. The lowest BCUT2D eigenvalue weighted by Gasteiger charge is -2.44. The van der Waals surface area contributed by atoms with E-state index in [1.807, 2.05) is 6.92 Å². The summed E-state index contributed by atoms with van der Waals surface area (Å²) in [4.78, 5) is 14.0. The Kier molecular flexibility index (Phi) is 4.21. The fourth-order valence-corrected chi connectivity index (χ4v) is 3.30. The molecule has 110 valence electrons. The molecular weight excluding hydrogens is 240 g/mol. The third-order valence-electron chi connectivity index (χ3n) is 4.81. The smallest absolute Gasteiger partial charge is 0.324 e. The van der Waals surface area contributed by atoms with E-state index in [4.69, 9.17) is 0 Å². The van der Waals surface area contributed by atoms with Gasteiger partial charge in [-0.25, -0.2) is 0 Å². The number of likely N-dealkylation sites (tertiary alicyclic amines) is 1. The molecule has 2 N–H and O–H groups in total. The summed E-state index contributed by atoms with van der Waals surface area (Å²) >= 11 is 0. The minimum atomic E-state index is -0.813. The van der Waals surface area contributed by atoms with Crippen molar-refractivity contribution in [2.24, 2.45) is 11.8 Å². The summed E-state index contributed by atoms with van der Waals surface area (Å²) in [7, 11) is 0. The van der Waals surface area contributed by atoms with E-state index in [1.165, 1.54) is 6.42 Å². The minimum Gasteiger partial charge on any atom is -0.480 e. The molecule has 1 aliphatic heterocycles. The molecule has 0 aromatic rings. The minimum absolute atomic E-state index is 0.413. The second-order valence-electron chi connectivity index (χ2n) is 7.04. The van der Waals surface area contributed by atoms with Gasteiger partial charge in [0.2, 0.25) is 0 Å². The molecule has 0 aromatic heterocycles. The van der Waals surface area contributed by atoms with Crippen molar-refractivity contribution in [2.45, 2.75) is 64.6 Å². The zero-order valence-electron chi connectivity index (χ0n) is 12.6. The van der Waals surface area contributed by atoms with Crippen LogP contribution in [0.15, 0.2) is 0 Å². The molecule has 2 rings (SSSR count). The zero-order valence-corrected chi connectivity index (χ0v) is 12.6. The fraction of sp³-hybridized carbons (Fsp3) is 0.933. The maximum atomic E-state index is 11.6. The molecule has 0 amide bonds. The van der Waals surface area contributed by atoms with Crippen LogP contribution in [0.1, 0.15) is 47.0 Å². The summed E-state index contributed by atoms with van der Waals surface area (Å²) < 4.78 is 0. The first kappa shape index (κ1) is 14.8. The Hall–Kier alpha value is -0.610. The number of nitrogens with zero attached hydrogens (tertiary/aromatic N) is 1. The Labute approximate surface area is 116 Å². The largest absolute Gasteiger partial charge is 0.480 e. The van der Waals surface area contributed by atoms with Gasteiger partial charge in [0.15, 0.2) is 0 Å². The average Bonchev–Trinajstić information content (AvgIpc) is 3.08. The van der Waals surface area contributed by atoms with E-state index in [9.17, 15) is 9.90 Å². The van der Waals surface area contributed by atoms with Crippen molar-refractivity contribution >= 4 is 5.97 Å². The predicted octanol–water partition coefficient (Wildman–Crippen LogP) is 1.95. The quantitative estimate of drug-likeness (QED) is 0.800. The van der Waals surface area contributed by atoms with Crippen LogP contribution in [0.25, 0.3) is 0 Å².